The lowest BCUT2D eigenvalue weighted by Gasteiger charge is -1.97. The van der Waals surface area contributed by atoms with Crippen molar-refractivity contribution < 1.29 is 9.90 Å². The average molecular weight is 244 g/mol. The van der Waals surface area contributed by atoms with E-state index in [1.165, 1.54) is 0 Å². The lowest BCUT2D eigenvalue weighted by Crippen LogP contribution is -1.94. The normalized spacial score (nSPS) is 9.93. The Labute approximate surface area is 98.5 Å². The summed E-state index contributed by atoms with van der Waals surface area (Å²) < 4.78 is 1.81. The lowest BCUT2D eigenvalue weighted by atomic mass is 10.2. The molecule has 0 aliphatic carbocycles. The van der Waals surface area contributed by atoms with Crippen molar-refractivity contribution in [3.63, 3.8) is 0 Å². The zero-order valence-electron chi connectivity index (χ0n) is 7.75. The minimum absolute atomic E-state index is 0. The van der Waals surface area contributed by atoms with Gasteiger partial charge in [0, 0.05) is 17.1 Å². The number of benzene rings is 1. The number of thiol groups is 1. The van der Waals surface area contributed by atoms with E-state index in [-0.39, 0.29) is 12.4 Å². The van der Waals surface area contributed by atoms with Crippen LogP contribution in [0.5, 0.6) is 0 Å². The zero-order valence-corrected chi connectivity index (χ0v) is 9.46. The van der Waals surface area contributed by atoms with E-state index in [9.17, 15) is 4.79 Å². The molecule has 3 nitrogen and oxygen atoms in total. The van der Waals surface area contributed by atoms with E-state index in [4.69, 9.17) is 5.11 Å². The Kier molecular flexibility index (Phi) is 3.66. The van der Waals surface area contributed by atoms with E-state index in [2.05, 4.69) is 12.6 Å². The minimum atomic E-state index is -0.901. The molecule has 0 aliphatic heterocycles. The maximum atomic E-state index is 10.9. The van der Waals surface area contributed by atoms with E-state index >= 15 is 0 Å². The van der Waals surface area contributed by atoms with Gasteiger partial charge in [-0.1, -0.05) is 18.2 Å². The highest BCUT2D eigenvalue weighted by Crippen LogP contribution is 2.21. The van der Waals surface area contributed by atoms with E-state index in [1.54, 1.807) is 12.3 Å². The first kappa shape index (κ1) is 11.9. The third kappa shape index (κ3) is 1.96. The van der Waals surface area contributed by atoms with Crippen molar-refractivity contribution in [2.24, 2.45) is 0 Å². The van der Waals surface area contributed by atoms with Crippen LogP contribution in [0.3, 0.4) is 0 Å². The van der Waals surface area contributed by atoms with Crippen LogP contribution in [0.1, 0.15) is 10.4 Å². The van der Waals surface area contributed by atoms with Gasteiger partial charge < -0.3 is 9.67 Å². The smallest absolute Gasteiger partial charge is 0.337 e. The van der Waals surface area contributed by atoms with Crippen molar-refractivity contribution in [3.05, 3.63) is 36.0 Å². The van der Waals surface area contributed by atoms with Gasteiger partial charge in [0.2, 0.25) is 0 Å². The van der Waals surface area contributed by atoms with Gasteiger partial charge in [-0.3, -0.25) is 0 Å². The number of carboxylic acid groups (broad SMARTS) is 1. The molecule has 0 saturated carbocycles. The molecule has 1 heterocycles. The predicted molar refractivity (Wildman–Crippen MR) is 65.1 cm³/mol. The first-order chi connectivity index (χ1) is 6.74. The molecule has 0 unspecified atom stereocenters. The molecule has 80 valence electrons. The first-order valence-corrected chi connectivity index (χ1v) is 4.79. The van der Waals surface area contributed by atoms with Crippen LogP contribution in [0.2, 0.25) is 0 Å². The standard InChI is InChI=1S/C10H9NO2S.ClH/c12-10(13)8-5-11(6-14)9-4-2-1-3-7(8)9;/h1-5,14H,6H2,(H,12,13);1H. The van der Waals surface area contributed by atoms with Gasteiger partial charge in [-0.15, -0.1) is 12.4 Å². The molecule has 1 aromatic carbocycles. The van der Waals surface area contributed by atoms with E-state index in [0.29, 0.717) is 11.4 Å². The molecule has 2 aromatic rings. The van der Waals surface area contributed by atoms with Gasteiger partial charge in [0.05, 0.1) is 11.4 Å². The van der Waals surface area contributed by atoms with Gasteiger partial charge in [0.15, 0.2) is 0 Å². The van der Waals surface area contributed by atoms with Crippen LogP contribution < -0.4 is 0 Å². The van der Waals surface area contributed by atoms with Crippen molar-refractivity contribution in [2.45, 2.75) is 5.88 Å². The van der Waals surface area contributed by atoms with Crippen LogP contribution in [0.25, 0.3) is 10.9 Å². The van der Waals surface area contributed by atoms with Crippen molar-refractivity contribution >= 4 is 41.9 Å². The summed E-state index contributed by atoms with van der Waals surface area (Å²) in [5.41, 5.74) is 1.23. The van der Waals surface area contributed by atoms with Crippen molar-refractivity contribution in [2.75, 3.05) is 0 Å². The van der Waals surface area contributed by atoms with Crippen molar-refractivity contribution in [1.29, 1.82) is 0 Å². The number of nitrogens with zero attached hydrogens (tertiary/aromatic N) is 1. The summed E-state index contributed by atoms with van der Waals surface area (Å²) in [6.07, 6.45) is 1.61. The molecule has 1 N–H and O–H groups in total. The molecular weight excluding hydrogens is 234 g/mol. The fourth-order valence-corrected chi connectivity index (χ4v) is 1.77. The SMILES string of the molecule is Cl.O=C(O)c1cn(CS)c2ccccc12. The van der Waals surface area contributed by atoms with Crippen LogP contribution in [0.4, 0.5) is 0 Å². The van der Waals surface area contributed by atoms with Gasteiger partial charge in [0.25, 0.3) is 0 Å². The Morgan fingerprint density at radius 3 is 2.67 bits per heavy atom. The summed E-state index contributed by atoms with van der Waals surface area (Å²) in [5, 5.41) is 9.71. The van der Waals surface area contributed by atoms with Gasteiger partial charge in [0.1, 0.15) is 0 Å². The molecule has 0 aliphatic rings. The Morgan fingerprint density at radius 1 is 1.40 bits per heavy atom. The van der Waals surface area contributed by atoms with Gasteiger partial charge in [-0.25, -0.2) is 4.79 Å². The number of carbonyl (C=O) groups is 1. The number of para-hydroxylation sites is 1. The number of hydrogen-bond acceptors (Lipinski definition) is 2. The van der Waals surface area contributed by atoms with E-state index < -0.39 is 5.97 Å². The number of fused-ring (bicyclic) bond motifs is 1. The molecule has 0 spiro atoms. The molecule has 1 aromatic heterocycles. The summed E-state index contributed by atoms with van der Waals surface area (Å²) in [6, 6.07) is 7.41. The largest absolute Gasteiger partial charge is 0.478 e. The number of carboxylic acids is 1. The summed E-state index contributed by atoms with van der Waals surface area (Å²) in [4.78, 5) is 10.9. The zero-order chi connectivity index (χ0) is 10.1. The number of rotatable bonds is 2. The predicted octanol–water partition coefficient (Wildman–Crippen LogP) is 2.65. The fraction of sp³-hybridized carbons (Fsp3) is 0.100. The van der Waals surface area contributed by atoms with Gasteiger partial charge in [-0.2, -0.15) is 12.6 Å². The topological polar surface area (TPSA) is 42.2 Å². The number of aromatic carboxylic acids is 1. The van der Waals surface area contributed by atoms with Crippen molar-refractivity contribution in [1.82, 2.24) is 4.57 Å². The van der Waals surface area contributed by atoms with E-state index in [1.807, 2.05) is 22.8 Å². The summed E-state index contributed by atoms with van der Waals surface area (Å²) >= 11 is 4.14. The highest BCUT2D eigenvalue weighted by Gasteiger charge is 2.12. The van der Waals surface area contributed by atoms with Gasteiger partial charge >= 0.3 is 5.97 Å². The summed E-state index contributed by atoms with van der Waals surface area (Å²) in [6.45, 7) is 0. The highest BCUT2D eigenvalue weighted by atomic mass is 35.5. The quantitative estimate of drug-likeness (QED) is 0.797. The summed E-state index contributed by atoms with van der Waals surface area (Å²) in [7, 11) is 0. The maximum Gasteiger partial charge on any atom is 0.337 e. The molecule has 0 bridgehead atoms. The lowest BCUT2D eigenvalue weighted by molar-refractivity contribution is 0.0699. The summed E-state index contributed by atoms with van der Waals surface area (Å²) in [5.74, 6) is -0.421. The molecule has 2 rings (SSSR count). The molecular formula is C10H10ClNO2S. The van der Waals surface area contributed by atoms with Crippen molar-refractivity contribution in [3.8, 4) is 0 Å². The Morgan fingerprint density at radius 2 is 2.07 bits per heavy atom. The highest BCUT2D eigenvalue weighted by molar-refractivity contribution is 7.79. The molecule has 0 fully saturated rings. The molecule has 0 atom stereocenters. The maximum absolute atomic E-state index is 10.9. The molecule has 0 saturated heterocycles. The van der Waals surface area contributed by atoms with Crippen LogP contribution in [-0.4, -0.2) is 15.6 Å². The Balaban J connectivity index is 0.00000112. The van der Waals surface area contributed by atoms with Crippen LogP contribution in [0.15, 0.2) is 30.5 Å². The molecule has 0 radical (unpaired) electrons. The third-order valence-corrected chi connectivity index (χ3v) is 2.48. The van der Waals surface area contributed by atoms with E-state index in [0.717, 1.165) is 10.9 Å². The van der Waals surface area contributed by atoms with Crippen LogP contribution in [0, 0.1) is 0 Å². The molecule has 5 heteroatoms. The van der Waals surface area contributed by atoms with Crippen LogP contribution >= 0.6 is 25.0 Å². The monoisotopic (exact) mass is 243 g/mol. The second kappa shape index (κ2) is 4.59. The average Bonchev–Trinajstić information content (AvgIpc) is 2.56. The Hall–Kier alpha value is -1.13. The Bertz CT molecular complexity index is 495. The molecule has 15 heavy (non-hydrogen) atoms. The number of aromatic nitrogens is 1. The molecule has 0 amide bonds. The number of hydrogen-bond donors (Lipinski definition) is 2. The number of halogens is 1. The fourth-order valence-electron chi connectivity index (χ4n) is 1.53. The first-order valence-electron chi connectivity index (χ1n) is 4.16. The second-order valence-electron chi connectivity index (χ2n) is 2.98. The third-order valence-electron chi connectivity index (χ3n) is 2.17. The van der Waals surface area contributed by atoms with Gasteiger partial charge in [-0.05, 0) is 6.07 Å². The second-order valence-corrected chi connectivity index (χ2v) is 3.26. The minimum Gasteiger partial charge on any atom is -0.478 e. The van der Waals surface area contributed by atoms with Crippen LogP contribution in [-0.2, 0) is 5.88 Å².